The molecule has 3 aromatic heterocycles. The van der Waals surface area contributed by atoms with Gasteiger partial charge in [0, 0.05) is 0 Å². The van der Waals surface area contributed by atoms with Crippen LogP contribution in [0.5, 0.6) is 0 Å². The van der Waals surface area contributed by atoms with E-state index < -0.39 is 0 Å². The Hall–Kier alpha value is -2.02. The van der Waals surface area contributed by atoms with Crippen molar-refractivity contribution in [3.63, 3.8) is 0 Å². The maximum atomic E-state index is 5.33. The van der Waals surface area contributed by atoms with Gasteiger partial charge in [-0.2, -0.15) is 10.1 Å². The summed E-state index contributed by atoms with van der Waals surface area (Å²) in [7, 11) is 0. The van der Waals surface area contributed by atoms with Gasteiger partial charge in [0.15, 0.2) is 16.1 Å². The molecule has 0 saturated heterocycles. The van der Waals surface area contributed by atoms with Crippen LogP contribution < -0.4 is 0 Å². The molecule has 0 bridgehead atoms. The van der Waals surface area contributed by atoms with Gasteiger partial charge in [-0.15, -0.1) is 5.10 Å². The highest BCUT2D eigenvalue weighted by Crippen LogP contribution is 2.24. The molecule has 0 fully saturated rings. The molecule has 3 heterocycles. The number of aromatic nitrogens is 4. The van der Waals surface area contributed by atoms with Crippen LogP contribution in [0.15, 0.2) is 37.9 Å². The van der Waals surface area contributed by atoms with Crippen LogP contribution in [-0.4, -0.2) is 20.3 Å². The summed E-state index contributed by atoms with van der Waals surface area (Å²) in [4.78, 5) is 4.20. The maximum absolute atomic E-state index is 5.33. The van der Waals surface area contributed by atoms with Gasteiger partial charge in [-0.3, -0.25) is 0 Å². The second kappa shape index (κ2) is 4.34. The summed E-state index contributed by atoms with van der Waals surface area (Å²) in [5.41, 5.74) is 1.36. The standard InChI is InChI=1S/C11H7BrN4O2/c1-6-2-3-7(15-14-6)11-13-10(16-18-11)8-4-5-9(12)17-8/h2-5H,1H3. The molecule has 3 rings (SSSR count). The first-order chi connectivity index (χ1) is 8.72. The zero-order valence-electron chi connectivity index (χ0n) is 9.29. The van der Waals surface area contributed by atoms with E-state index in [2.05, 4.69) is 36.3 Å². The zero-order chi connectivity index (χ0) is 12.5. The first-order valence-electron chi connectivity index (χ1n) is 5.12. The van der Waals surface area contributed by atoms with Crippen molar-refractivity contribution in [1.82, 2.24) is 20.3 Å². The summed E-state index contributed by atoms with van der Waals surface area (Å²) in [6.07, 6.45) is 0. The molecule has 0 amide bonds. The molecule has 0 aliphatic carbocycles. The Labute approximate surface area is 110 Å². The van der Waals surface area contributed by atoms with Crippen molar-refractivity contribution in [2.45, 2.75) is 6.92 Å². The van der Waals surface area contributed by atoms with Crippen LogP contribution in [-0.2, 0) is 0 Å². The topological polar surface area (TPSA) is 77.8 Å². The number of hydrogen-bond acceptors (Lipinski definition) is 6. The Balaban J connectivity index is 1.96. The van der Waals surface area contributed by atoms with E-state index in [4.69, 9.17) is 8.94 Å². The summed E-state index contributed by atoms with van der Waals surface area (Å²) in [5, 5.41) is 11.7. The molecular formula is C11H7BrN4O2. The van der Waals surface area contributed by atoms with Crippen molar-refractivity contribution in [2.24, 2.45) is 0 Å². The Bertz CT molecular complexity index is 674. The van der Waals surface area contributed by atoms with Gasteiger partial charge in [-0.05, 0) is 47.1 Å². The van der Waals surface area contributed by atoms with E-state index >= 15 is 0 Å². The Morgan fingerprint density at radius 2 is 2.00 bits per heavy atom. The molecule has 0 aliphatic heterocycles. The van der Waals surface area contributed by atoms with Gasteiger partial charge in [0.2, 0.25) is 5.82 Å². The molecule has 0 spiro atoms. The molecule has 90 valence electrons. The molecule has 0 saturated carbocycles. The lowest BCUT2D eigenvalue weighted by atomic mass is 10.3. The summed E-state index contributed by atoms with van der Waals surface area (Å²) in [5.74, 6) is 1.21. The Kier molecular flexibility index (Phi) is 2.67. The average Bonchev–Trinajstić information content (AvgIpc) is 2.98. The van der Waals surface area contributed by atoms with E-state index in [1.165, 1.54) is 0 Å². The van der Waals surface area contributed by atoms with Crippen molar-refractivity contribution >= 4 is 15.9 Å². The van der Waals surface area contributed by atoms with Gasteiger partial charge >= 0.3 is 0 Å². The number of hydrogen-bond donors (Lipinski definition) is 0. The fourth-order valence-corrected chi connectivity index (χ4v) is 1.68. The normalized spacial score (nSPS) is 10.8. The molecular weight excluding hydrogens is 300 g/mol. The number of halogens is 1. The minimum absolute atomic E-state index is 0.310. The number of aryl methyl sites for hydroxylation is 1. The lowest BCUT2D eigenvalue weighted by Gasteiger charge is -1.91. The molecule has 3 aromatic rings. The fourth-order valence-electron chi connectivity index (χ4n) is 1.38. The minimum atomic E-state index is 0.310. The van der Waals surface area contributed by atoms with E-state index in [1.54, 1.807) is 18.2 Å². The highest BCUT2D eigenvalue weighted by atomic mass is 79.9. The largest absolute Gasteiger partial charge is 0.446 e. The highest BCUT2D eigenvalue weighted by molar-refractivity contribution is 9.10. The van der Waals surface area contributed by atoms with Gasteiger partial charge in [-0.1, -0.05) is 5.16 Å². The van der Waals surface area contributed by atoms with Crippen LogP contribution in [0, 0.1) is 6.92 Å². The third-order valence-corrected chi connectivity index (χ3v) is 2.66. The van der Waals surface area contributed by atoms with E-state index in [0.717, 1.165) is 5.69 Å². The maximum Gasteiger partial charge on any atom is 0.278 e. The van der Waals surface area contributed by atoms with Crippen LogP contribution in [0.4, 0.5) is 0 Å². The van der Waals surface area contributed by atoms with Gasteiger partial charge in [-0.25, -0.2) is 0 Å². The van der Waals surface area contributed by atoms with Crippen molar-refractivity contribution in [2.75, 3.05) is 0 Å². The molecule has 0 aromatic carbocycles. The summed E-state index contributed by atoms with van der Waals surface area (Å²) in [6.45, 7) is 1.86. The van der Waals surface area contributed by atoms with Crippen molar-refractivity contribution in [1.29, 1.82) is 0 Å². The highest BCUT2D eigenvalue weighted by Gasteiger charge is 2.14. The predicted molar refractivity (Wildman–Crippen MR) is 65.5 cm³/mol. The molecule has 0 radical (unpaired) electrons. The SMILES string of the molecule is Cc1ccc(-c2nc(-c3ccc(Br)o3)no2)nn1. The van der Waals surface area contributed by atoms with Crippen LogP contribution in [0.3, 0.4) is 0 Å². The number of rotatable bonds is 2. The molecule has 0 N–H and O–H groups in total. The zero-order valence-corrected chi connectivity index (χ0v) is 10.9. The third kappa shape index (κ3) is 2.04. The van der Waals surface area contributed by atoms with Gasteiger partial charge in [0.05, 0.1) is 5.69 Å². The molecule has 0 unspecified atom stereocenters. The van der Waals surface area contributed by atoms with Gasteiger partial charge in [0.25, 0.3) is 5.89 Å². The minimum Gasteiger partial charge on any atom is -0.446 e. The van der Waals surface area contributed by atoms with Crippen LogP contribution >= 0.6 is 15.9 Å². The summed E-state index contributed by atoms with van der Waals surface area (Å²) < 4.78 is 11.1. The Morgan fingerprint density at radius 3 is 2.67 bits per heavy atom. The average molecular weight is 307 g/mol. The van der Waals surface area contributed by atoms with Crippen molar-refractivity contribution < 1.29 is 8.94 Å². The fraction of sp³-hybridized carbons (Fsp3) is 0.0909. The first kappa shape index (κ1) is 11.1. The third-order valence-electron chi connectivity index (χ3n) is 2.24. The first-order valence-corrected chi connectivity index (χ1v) is 5.92. The van der Waals surface area contributed by atoms with E-state index in [0.29, 0.717) is 27.8 Å². The molecule has 0 atom stereocenters. The molecule has 7 heteroatoms. The quantitative estimate of drug-likeness (QED) is 0.724. The van der Waals surface area contributed by atoms with E-state index in [1.807, 2.05) is 13.0 Å². The molecule has 18 heavy (non-hydrogen) atoms. The van der Waals surface area contributed by atoms with Gasteiger partial charge in [0.1, 0.15) is 0 Å². The van der Waals surface area contributed by atoms with E-state index in [9.17, 15) is 0 Å². The Morgan fingerprint density at radius 1 is 1.11 bits per heavy atom. The molecule has 0 aliphatic rings. The summed E-state index contributed by atoms with van der Waals surface area (Å²) in [6, 6.07) is 7.12. The van der Waals surface area contributed by atoms with Crippen LogP contribution in [0.1, 0.15) is 5.69 Å². The molecule has 6 nitrogen and oxygen atoms in total. The van der Waals surface area contributed by atoms with Crippen LogP contribution in [0.25, 0.3) is 23.2 Å². The second-order valence-corrected chi connectivity index (χ2v) is 4.37. The number of nitrogens with zero attached hydrogens (tertiary/aromatic N) is 4. The lowest BCUT2D eigenvalue weighted by molar-refractivity contribution is 0.427. The lowest BCUT2D eigenvalue weighted by Crippen LogP contribution is -1.89. The van der Waals surface area contributed by atoms with Crippen molar-refractivity contribution in [3.05, 3.63) is 34.6 Å². The monoisotopic (exact) mass is 306 g/mol. The van der Waals surface area contributed by atoms with Crippen molar-refractivity contribution in [3.8, 4) is 23.2 Å². The van der Waals surface area contributed by atoms with Crippen LogP contribution in [0.2, 0.25) is 0 Å². The predicted octanol–water partition coefficient (Wildman–Crippen LogP) is 2.86. The number of furan rings is 1. The van der Waals surface area contributed by atoms with Gasteiger partial charge < -0.3 is 8.94 Å². The smallest absolute Gasteiger partial charge is 0.278 e. The summed E-state index contributed by atoms with van der Waals surface area (Å²) >= 11 is 3.21. The van der Waals surface area contributed by atoms with E-state index in [-0.39, 0.29) is 0 Å². The second-order valence-electron chi connectivity index (χ2n) is 3.59.